The number of nitrogens with zero attached hydrogens (tertiary/aromatic N) is 3. The third-order valence-corrected chi connectivity index (χ3v) is 12.1. The Morgan fingerprint density at radius 2 is 1.15 bits per heavy atom. The number of rotatable bonds is 4. The zero-order valence-electron chi connectivity index (χ0n) is 28.2. The predicted molar refractivity (Wildman–Crippen MR) is 210 cm³/mol. The highest BCUT2D eigenvalue weighted by Crippen LogP contribution is 2.64. The van der Waals surface area contributed by atoms with Gasteiger partial charge in [0.1, 0.15) is 0 Å². The monoisotopic (exact) mass is 681 g/mol. The van der Waals surface area contributed by atoms with Gasteiger partial charge in [-0.1, -0.05) is 170 Å². The first-order valence-corrected chi connectivity index (χ1v) is 18.5. The maximum Gasteiger partial charge on any atom is 0.160 e. The van der Waals surface area contributed by atoms with Gasteiger partial charge in [-0.05, 0) is 57.5 Å². The van der Waals surface area contributed by atoms with Crippen molar-refractivity contribution >= 4 is 11.8 Å². The van der Waals surface area contributed by atoms with Crippen LogP contribution in [0.3, 0.4) is 0 Å². The van der Waals surface area contributed by atoms with Crippen molar-refractivity contribution in [2.24, 2.45) is 0 Å². The second kappa shape index (κ2) is 12.2. The second-order valence-corrected chi connectivity index (χ2v) is 14.5. The van der Waals surface area contributed by atoms with Crippen LogP contribution in [0.25, 0.3) is 45.0 Å². The molecule has 2 aliphatic carbocycles. The molecule has 0 saturated carbocycles. The van der Waals surface area contributed by atoms with Crippen LogP contribution in [-0.4, -0.2) is 9.97 Å². The summed E-state index contributed by atoms with van der Waals surface area (Å²) in [4.78, 5) is 12.9. The van der Waals surface area contributed by atoms with Crippen molar-refractivity contribution in [2.45, 2.75) is 27.5 Å². The van der Waals surface area contributed by atoms with Gasteiger partial charge >= 0.3 is 0 Å². The van der Waals surface area contributed by atoms with Crippen LogP contribution in [0.15, 0.2) is 185 Å². The number of hydrogen-bond acceptors (Lipinski definition) is 4. The lowest BCUT2D eigenvalue weighted by atomic mass is 9.66. The largest absolute Gasteiger partial charge is 0.228 e. The molecule has 10 rings (SSSR count). The minimum absolute atomic E-state index is 0.158. The molecule has 1 spiro atoms. The van der Waals surface area contributed by atoms with Crippen molar-refractivity contribution in [3.8, 4) is 51.1 Å². The van der Waals surface area contributed by atoms with Crippen LogP contribution in [0.2, 0.25) is 0 Å². The first-order chi connectivity index (χ1) is 25.7. The Morgan fingerprint density at radius 1 is 0.577 bits per heavy atom. The van der Waals surface area contributed by atoms with Crippen molar-refractivity contribution in [3.63, 3.8) is 0 Å². The molecule has 2 heterocycles. The second-order valence-electron chi connectivity index (χ2n) is 13.5. The molecule has 6 aromatic carbocycles. The first-order valence-electron chi connectivity index (χ1n) is 17.7. The predicted octanol–water partition coefficient (Wildman–Crippen LogP) is 11.8. The summed E-state index contributed by atoms with van der Waals surface area (Å²) in [5, 5.41) is 9.61. The highest BCUT2D eigenvalue weighted by atomic mass is 32.2. The Hall–Kier alpha value is -6.28. The third-order valence-electron chi connectivity index (χ3n) is 10.8. The van der Waals surface area contributed by atoms with Gasteiger partial charge in [-0.25, -0.2) is 9.97 Å². The molecule has 1 unspecified atom stereocenters. The van der Waals surface area contributed by atoms with Crippen LogP contribution < -0.4 is 0 Å². The van der Waals surface area contributed by atoms with Crippen LogP contribution >= 0.6 is 11.8 Å². The summed E-state index contributed by atoms with van der Waals surface area (Å²) in [6.45, 7) is 0. The lowest BCUT2D eigenvalue weighted by Gasteiger charge is -2.41. The van der Waals surface area contributed by atoms with Crippen molar-refractivity contribution in [2.75, 3.05) is 0 Å². The lowest BCUT2D eigenvalue weighted by Crippen LogP contribution is -2.32. The van der Waals surface area contributed by atoms with E-state index in [-0.39, 0.29) is 5.92 Å². The smallest absolute Gasteiger partial charge is 0.160 e. The molecule has 0 saturated heterocycles. The average molecular weight is 682 g/mol. The molecule has 0 fully saturated rings. The van der Waals surface area contributed by atoms with Gasteiger partial charge in [0.05, 0.1) is 22.9 Å². The molecule has 244 valence electrons. The molecule has 1 aromatic heterocycles. The number of fused-ring (bicyclic) bond motifs is 9. The van der Waals surface area contributed by atoms with E-state index in [9.17, 15) is 5.26 Å². The topological polar surface area (TPSA) is 49.6 Å². The summed E-state index contributed by atoms with van der Waals surface area (Å²) in [5.41, 5.74) is 14.1. The standard InChI is InChI=1S/C48H31N3S/c49-30-31-25-27-32(28-26-31)35-19-11-23-41-45(35)52-46-38(44-29-43(33-13-3-1-4-14-33)50-47(51-44)34-15-5-2-6-16-34)20-12-24-42(46)48(41)39-21-9-7-17-36(39)37-18-8-10-22-40(37)48/h1-27,29,32H,28H2. The highest BCUT2D eigenvalue weighted by Gasteiger charge is 2.51. The molecule has 52 heavy (non-hydrogen) atoms. The Kier molecular flexibility index (Phi) is 7.16. The molecule has 0 radical (unpaired) electrons. The third kappa shape index (κ3) is 4.60. The Labute approximate surface area is 307 Å². The van der Waals surface area contributed by atoms with E-state index >= 15 is 0 Å². The molecule has 1 atom stereocenters. The van der Waals surface area contributed by atoms with Crippen molar-refractivity contribution < 1.29 is 0 Å². The molecule has 3 aliphatic rings. The SMILES string of the molecule is N#CC1=CCC(c2cccc3c2Sc2c(-c4cc(-c5ccccc5)nc(-c5ccccc5)n4)cccc2C32c3ccccc3-c3ccccc32)C=C1. The minimum Gasteiger partial charge on any atom is -0.228 e. The number of nitriles is 1. The van der Waals surface area contributed by atoms with Crippen LogP contribution in [-0.2, 0) is 5.41 Å². The maximum atomic E-state index is 9.61. The lowest BCUT2D eigenvalue weighted by molar-refractivity contribution is 0.708. The van der Waals surface area contributed by atoms with E-state index in [0.29, 0.717) is 5.82 Å². The first kappa shape index (κ1) is 30.5. The molecule has 7 aromatic rings. The molecule has 0 amide bonds. The molecular weight excluding hydrogens is 651 g/mol. The summed E-state index contributed by atoms with van der Waals surface area (Å²) >= 11 is 1.86. The van der Waals surface area contributed by atoms with Gasteiger partial charge < -0.3 is 0 Å². The van der Waals surface area contributed by atoms with Crippen LogP contribution in [0.1, 0.15) is 40.2 Å². The van der Waals surface area contributed by atoms with Gasteiger partial charge in [0.15, 0.2) is 5.82 Å². The van der Waals surface area contributed by atoms with E-state index in [1.165, 1.54) is 48.7 Å². The molecule has 4 heteroatoms. The fourth-order valence-electron chi connectivity index (χ4n) is 8.45. The molecule has 3 nitrogen and oxygen atoms in total. The van der Waals surface area contributed by atoms with Gasteiger partial charge in [0.25, 0.3) is 0 Å². The zero-order chi connectivity index (χ0) is 34.6. The van der Waals surface area contributed by atoms with Gasteiger partial charge in [-0.2, -0.15) is 5.26 Å². The average Bonchev–Trinajstić information content (AvgIpc) is 3.52. The highest BCUT2D eigenvalue weighted by molar-refractivity contribution is 7.99. The summed E-state index contributed by atoms with van der Waals surface area (Å²) < 4.78 is 0. The van der Waals surface area contributed by atoms with Gasteiger partial charge in [-0.3, -0.25) is 0 Å². The van der Waals surface area contributed by atoms with E-state index in [2.05, 4.69) is 146 Å². The summed E-state index contributed by atoms with van der Waals surface area (Å²) in [6, 6.07) is 56.7. The number of benzene rings is 6. The maximum absolute atomic E-state index is 9.61. The van der Waals surface area contributed by atoms with E-state index < -0.39 is 5.41 Å². The Bertz CT molecular complexity index is 2550. The van der Waals surface area contributed by atoms with E-state index in [1.54, 1.807) is 0 Å². The fraction of sp³-hybridized carbons (Fsp3) is 0.0625. The van der Waals surface area contributed by atoms with E-state index in [0.717, 1.165) is 40.1 Å². The molecule has 1 aliphatic heterocycles. The van der Waals surface area contributed by atoms with E-state index in [1.807, 2.05) is 42.1 Å². The van der Waals surface area contributed by atoms with Crippen molar-refractivity contribution in [1.29, 1.82) is 5.26 Å². The molecular formula is C48H31N3S. The van der Waals surface area contributed by atoms with Crippen molar-refractivity contribution in [1.82, 2.24) is 9.97 Å². The summed E-state index contributed by atoms with van der Waals surface area (Å²) in [6.07, 6.45) is 7.05. The normalized spacial score (nSPS) is 15.9. The fourth-order valence-corrected chi connectivity index (χ4v) is 9.94. The van der Waals surface area contributed by atoms with Crippen LogP contribution in [0, 0.1) is 11.3 Å². The number of hydrogen-bond donors (Lipinski definition) is 0. The quantitative estimate of drug-likeness (QED) is 0.185. The molecule has 0 bridgehead atoms. The molecule has 0 N–H and O–H groups in total. The van der Waals surface area contributed by atoms with Gasteiger partial charge in [0, 0.05) is 38.0 Å². The van der Waals surface area contributed by atoms with Crippen molar-refractivity contribution in [3.05, 3.63) is 203 Å². The van der Waals surface area contributed by atoms with Crippen LogP contribution in [0.4, 0.5) is 0 Å². The summed E-state index contributed by atoms with van der Waals surface area (Å²) in [7, 11) is 0. The Balaban J connectivity index is 1.27. The van der Waals surface area contributed by atoms with Gasteiger partial charge in [0.2, 0.25) is 0 Å². The summed E-state index contributed by atoms with van der Waals surface area (Å²) in [5.74, 6) is 0.862. The number of aromatic nitrogens is 2. The Morgan fingerprint density at radius 3 is 1.83 bits per heavy atom. The van der Waals surface area contributed by atoms with Gasteiger partial charge in [-0.15, -0.1) is 0 Å². The number of allylic oxidation sites excluding steroid dienone is 4. The van der Waals surface area contributed by atoms with Crippen LogP contribution in [0.5, 0.6) is 0 Å². The minimum atomic E-state index is -0.529. The zero-order valence-corrected chi connectivity index (χ0v) is 29.0. The van der Waals surface area contributed by atoms with E-state index in [4.69, 9.17) is 9.97 Å².